The number of sulfone groups is 1. The van der Waals surface area contributed by atoms with Crippen molar-refractivity contribution in [1.29, 1.82) is 0 Å². The lowest BCUT2D eigenvalue weighted by molar-refractivity contribution is 0.205. The first kappa shape index (κ1) is 17.3. The van der Waals surface area contributed by atoms with Gasteiger partial charge in [-0.2, -0.15) is 0 Å². The average molecular weight is 395 g/mol. The van der Waals surface area contributed by atoms with Crippen LogP contribution in [0.15, 0.2) is 48.5 Å². The molecule has 0 radical (unpaired) electrons. The molecule has 0 spiro atoms. The number of hydrogen-bond donors (Lipinski definition) is 0. The van der Waals surface area contributed by atoms with E-state index in [1.807, 2.05) is 6.07 Å². The first-order chi connectivity index (χ1) is 12.4. The summed E-state index contributed by atoms with van der Waals surface area (Å²) in [5.41, 5.74) is 0.826. The van der Waals surface area contributed by atoms with Gasteiger partial charge in [-0.05, 0) is 24.3 Å². The van der Waals surface area contributed by atoms with Crippen LogP contribution in [-0.2, 0) is 16.4 Å². The molecule has 2 fully saturated rings. The van der Waals surface area contributed by atoms with E-state index in [1.165, 1.54) is 21.9 Å². The summed E-state index contributed by atoms with van der Waals surface area (Å²) in [7, 11) is -3.28. The number of urea groups is 1. The summed E-state index contributed by atoms with van der Waals surface area (Å²) < 4.78 is 38.6. The smallest absolute Gasteiger partial charge is 0.314 e. The highest BCUT2D eigenvalue weighted by atomic mass is 35.5. The van der Waals surface area contributed by atoms with Crippen LogP contribution in [0.5, 0.6) is 0 Å². The number of anilines is 1. The lowest BCUT2D eigenvalue weighted by Crippen LogP contribution is -2.37. The quantitative estimate of drug-likeness (QED) is 0.752. The van der Waals surface area contributed by atoms with E-state index in [0.717, 1.165) is 0 Å². The van der Waals surface area contributed by atoms with Crippen LogP contribution >= 0.6 is 11.6 Å². The SMILES string of the molecule is O=C1N(Cc2c(F)cccc2Cl)C2CS(=O)(=O)CC2N1c1ccccc1. The Balaban J connectivity index is 1.74. The topological polar surface area (TPSA) is 57.7 Å². The third kappa shape index (κ3) is 2.85. The van der Waals surface area contributed by atoms with Gasteiger partial charge in [0.2, 0.25) is 0 Å². The summed E-state index contributed by atoms with van der Waals surface area (Å²) in [6.45, 7) is -0.0651. The standard InChI is InChI=1S/C18H16ClFN2O3S/c19-14-7-4-8-15(20)13(14)9-21-16-10-26(24,25)11-17(16)22(18(21)23)12-5-2-1-3-6-12/h1-8,16-17H,9-11H2. The van der Waals surface area contributed by atoms with Gasteiger partial charge in [0.15, 0.2) is 9.84 Å². The molecule has 8 heteroatoms. The number of carbonyl (C=O) groups is 1. The summed E-state index contributed by atoms with van der Waals surface area (Å²) in [4.78, 5) is 16.0. The number of benzene rings is 2. The molecule has 0 aliphatic carbocycles. The lowest BCUT2D eigenvalue weighted by atomic mass is 10.1. The molecule has 2 heterocycles. The van der Waals surface area contributed by atoms with Gasteiger partial charge in [0.25, 0.3) is 0 Å². The lowest BCUT2D eigenvalue weighted by Gasteiger charge is -2.23. The Bertz CT molecular complexity index is 947. The van der Waals surface area contributed by atoms with Crippen molar-refractivity contribution in [2.24, 2.45) is 0 Å². The van der Waals surface area contributed by atoms with E-state index >= 15 is 0 Å². The first-order valence-electron chi connectivity index (χ1n) is 8.15. The van der Waals surface area contributed by atoms with Gasteiger partial charge in [0, 0.05) is 16.3 Å². The van der Waals surface area contributed by atoms with Crippen LogP contribution in [0.2, 0.25) is 5.02 Å². The van der Waals surface area contributed by atoms with Gasteiger partial charge in [-0.1, -0.05) is 35.9 Å². The zero-order chi connectivity index (χ0) is 18.5. The predicted molar refractivity (Wildman–Crippen MR) is 97.5 cm³/mol. The monoisotopic (exact) mass is 394 g/mol. The number of amides is 2. The molecular formula is C18H16ClFN2O3S. The second-order valence-electron chi connectivity index (χ2n) is 6.53. The number of rotatable bonds is 3. The second kappa shape index (κ2) is 6.25. The van der Waals surface area contributed by atoms with Crippen LogP contribution in [-0.4, -0.2) is 42.9 Å². The van der Waals surface area contributed by atoms with E-state index < -0.39 is 27.7 Å². The molecule has 0 bridgehead atoms. The van der Waals surface area contributed by atoms with Crippen LogP contribution in [0.25, 0.3) is 0 Å². The molecule has 2 saturated heterocycles. The molecule has 2 atom stereocenters. The number of hydrogen-bond acceptors (Lipinski definition) is 3. The molecule has 136 valence electrons. The minimum absolute atomic E-state index is 0.0651. The summed E-state index contributed by atoms with van der Waals surface area (Å²) in [6, 6.07) is 11.9. The van der Waals surface area contributed by atoms with Gasteiger partial charge in [-0.25, -0.2) is 17.6 Å². The van der Waals surface area contributed by atoms with E-state index in [0.29, 0.717) is 5.69 Å². The summed E-state index contributed by atoms with van der Waals surface area (Å²) in [6.07, 6.45) is 0. The molecule has 0 aromatic heterocycles. The Labute approximate surface area is 155 Å². The maximum Gasteiger partial charge on any atom is 0.325 e. The second-order valence-corrected chi connectivity index (χ2v) is 9.09. The van der Waals surface area contributed by atoms with E-state index in [-0.39, 0.29) is 34.7 Å². The highest BCUT2D eigenvalue weighted by Gasteiger charge is 2.53. The first-order valence-corrected chi connectivity index (χ1v) is 10.4. The molecule has 26 heavy (non-hydrogen) atoms. The zero-order valence-corrected chi connectivity index (χ0v) is 15.3. The van der Waals surface area contributed by atoms with Crippen LogP contribution in [0.3, 0.4) is 0 Å². The summed E-state index contributed by atoms with van der Waals surface area (Å²) in [5, 5.41) is 0.216. The fourth-order valence-electron chi connectivity index (χ4n) is 3.71. The van der Waals surface area contributed by atoms with E-state index in [2.05, 4.69) is 0 Å². The molecule has 2 aromatic carbocycles. The highest BCUT2D eigenvalue weighted by Crippen LogP contribution is 2.36. The van der Waals surface area contributed by atoms with Gasteiger partial charge >= 0.3 is 6.03 Å². The highest BCUT2D eigenvalue weighted by molar-refractivity contribution is 7.91. The van der Waals surface area contributed by atoms with Crippen molar-refractivity contribution < 1.29 is 17.6 Å². The van der Waals surface area contributed by atoms with E-state index in [4.69, 9.17) is 11.6 Å². The molecule has 4 rings (SSSR count). The van der Waals surface area contributed by atoms with Crippen LogP contribution in [0.1, 0.15) is 5.56 Å². The summed E-state index contributed by atoms with van der Waals surface area (Å²) in [5.74, 6) is -0.737. The van der Waals surface area contributed by atoms with Gasteiger partial charge in [-0.15, -0.1) is 0 Å². The molecule has 0 saturated carbocycles. The van der Waals surface area contributed by atoms with Crippen molar-refractivity contribution in [2.75, 3.05) is 16.4 Å². The van der Waals surface area contributed by atoms with Crippen molar-refractivity contribution in [2.45, 2.75) is 18.6 Å². The van der Waals surface area contributed by atoms with Gasteiger partial charge < -0.3 is 4.90 Å². The molecule has 5 nitrogen and oxygen atoms in total. The fraction of sp³-hybridized carbons (Fsp3) is 0.278. The third-order valence-corrected chi connectivity index (χ3v) is 6.95. The predicted octanol–water partition coefficient (Wildman–Crippen LogP) is 3.09. The Hall–Kier alpha value is -2.12. The van der Waals surface area contributed by atoms with Gasteiger partial charge in [-0.3, -0.25) is 4.90 Å². The summed E-state index contributed by atoms with van der Waals surface area (Å²) >= 11 is 6.10. The minimum atomic E-state index is -3.28. The maximum atomic E-state index is 14.2. The number of carbonyl (C=O) groups excluding carboxylic acids is 1. The Kier molecular flexibility index (Phi) is 4.16. The van der Waals surface area contributed by atoms with Gasteiger partial charge in [0.05, 0.1) is 30.1 Å². The number of nitrogens with zero attached hydrogens (tertiary/aromatic N) is 2. The van der Waals surface area contributed by atoms with Crippen molar-refractivity contribution >= 4 is 33.2 Å². The average Bonchev–Trinajstić information content (AvgIpc) is 3.02. The third-order valence-electron chi connectivity index (χ3n) is 4.90. The van der Waals surface area contributed by atoms with Crippen molar-refractivity contribution in [3.8, 4) is 0 Å². The maximum absolute atomic E-state index is 14.2. The van der Waals surface area contributed by atoms with Crippen molar-refractivity contribution in [3.05, 3.63) is 64.9 Å². The Morgan fingerprint density at radius 1 is 1.04 bits per heavy atom. The van der Waals surface area contributed by atoms with Gasteiger partial charge in [0.1, 0.15) is 5.82 Å². The molecule has 2 aromatic rings. The van der Waals surface area contributed by atoms with Crippen molar-refractivity contribution in [1.82, 2.24) is 4.90 Å². The molecule has 2 aliphatic rings. The molecule has 0 N–H and O–H groups in total. The molecular weight excluding hydrogens is 379 g/mol. The van der Waals surface area contributed by atoms with Crippen molar-refractivity contribution in [3.63, 3.8) is 0 Å². The van der Waals surface area contributed by atoms with E-state index in [1.54, 1.807) is 30.3 Å². The number of para-hydroxylation sites is 1. The number of fused-ring (bicyclic) bond motifs is 1. The zero-order valence-electron chi connectivity index (χ0n) is 13.7. The van der Waals surface area contributed by atoms with Crippen LogP contribution in [0.4, 0.5) is 14.9 Å². The number of halogens is 2. The molecule has 2 aliphatic heterocycles. The van der Waals surface area contributed by atoms with Crippen LogP contribution in [0, 0.1) is 5.82 Å². The fourth-order valence-corrected chi connectivity index (χ4v) is 5.88. The normalized spacial score (nSPS) is 24.2. The van der Waals surface area contributed by atoms with Crippen LogP contribution < -0.4 is 4.90 Å². The largest absolute Gasteiger partial charge is 0.325 e. The Morgan fingerprint density at radius 3 is 2.42 bits per heavy atom. The molecule has 2 amide bonds. The van der Waals surface area contributed by atoms with E-state index in [9.17, 15) is 17.6 Å². The molecule has 2 unspecified atom stereocenters. The minimum Gasteiger partial charge on any atom is -0.314 e. The Morgan fingerprint density at radius 2 is 1.73 bits per heavy atom.